The number of anilines is 1. The molecule has 1 heterocycles. The molecule has 4 heteroatoms. The number of piperidine rings is 1. The Labute approximate surface area is 101 Å². The summed E-state index contributed by atoms with van der Waals surface area (Å²) in [7, 11) is 0. The van der Waals surface area contributed by atoms with Crippen molar-refractivity contribution >= 4 is 11.6 Å². The average molecular weight is 234 g/mol. The second kappa shape index (κ2) is 4.75. The lowest BCUT2D eigenvalue weighted by Gasteiger charge is -2.32. The van der Waals surface area contributed by atoms with Crippen molar-refractivity contribution in [2.75, 3.05) is 18.4 Å². The van der Waals surface area contributed by atoms with Gasteiger partial charge in [-0.15, -0.1) is 0 Å². The van der Waals surface area contributed by atoms with Crippen molar-refractivity contribution < 1.29 is 9.90 Å². The molecular formula is C13H18N2O2. The summed E-state index contributed by atoms with van der Waals surface area (Å²) in [6.07, 6.45) is 1.88. The fraction of sp³-hybridized carbons (Fsp3) is 0.462. The predicted molar refractivity (Wildman–Crippen MR) is 66.9 cm³/mol. The first-order chi connectivity index (χ1) is 8.12. The monoisotopic (exact) mass is 234 g/mol. The molecule has 0 bridgehead atoms. The average Bonchev–Trinajstić information content (AvgIpc) is 2.33. The van der Waals surface area contributed by atoms with E-state index in [1.807, 2.05) is 6.92 Å². The van der Waals surface area contributed by atoms with E-state index in [0.717, 1.165) is 19.4 Å². The second-order valence-electron chi connectivity index (χ2n) is 4.81. The largest absolute Gasteiger partial charge is 0.506 e. The highest BCUT2D eigenvalue weighted by molar-refractivity contribution is 5.96. The van der Waals surface area contributed by atoms with Crippen molar-refractivity contribution in [3.63, 3.8) is 0 Å². The molecule has 1 aromatic rings. The van der Waals surface area contributed by atoms with Gasteiger partial charge in [-0.1, -0.05) is 12.1 Å². The first-order valence-electron chi connectivity index (χ1n) is 5.92. The number of carbonyl (C=O) groups excluding carboxylic acids is 1. The van der Waals surface area contributed by atoms with Crippen molar-refractivity contribution in [1.29, 1.82) is 0 Å². The van der Waals surface area contributed by atoms with Gasteiger partial charge in [-0.2, -0.15) is 0 Å². The van der Waals surface area contributed by atoms with Gasteiger partial charge in [-0.3, -0.25) is 4.79 Å². The van der Waals surface area contributed by atoms with Crippen LogP contribution < -0.4 is 10.6 Å². The molecular weight excluding hydrogens is 216 g/mol. The summed E-state index contributed by atoms with van der Waals surface area (Å²) < 4.78 is 0. The number of aromatic hydroxyl groups is 1. The molecule has 0 spiro atoms. The lowest BCUT2D eigenvalue weighted by molar-refractivity contribution is -0.125. The SMILES string of the molecule is CC1(C(=O)Nc2ccccc2O)CCCNC1. The number of hydrogen-bond acceptors (Lipinski definition) is 3. The van der Waals surface area contributed by atoms with Crippen molar-refractivity contribution in [2.24, 2.45) is 5.41 Å². The molecule has 1 aromatic carbocycles. The number of benzene rings is 1. The van der Waals surface area contributed by atoms with Crippen molar-refractivity contribution in [2.45, 2.75) is 19.8 Å². The Kier molecular flexibility index (Phi) is 3.33. The molecule has 1 fully saturated rings. The molecule has 4 nitrogen and oxygen atoms in total. The Bertz CT molecular complexity index is 412. The minimum absolute atomic E-state index is 0.0359. The minimum atomic E-state index is -0.388. The third-order valence-electron chi connectivity index (χ3n) is 3.30. The van der Waals surface area contributed by atoms with E-state index in [1.165, 1.54) is 0 Å². The predicted octanol–water partition coefficient (Wildman–Crippen LogP) is 1.72. The maximum absolute atomic E-state index is 12.2. The number of nitrogens with one attached hydrogen (secondary N) is 2. The maximum Gasteiger partial charge on any atom is 0.231 e. The topological polar surface area (TPSA) is 61.4 Å². The number of hydrogen-bond donors (Lipinski definition) is 3. The number of phenols is 1. The molecule has 92 valence electrons. The highest BCUT2D eigenvalue weighted by Gasteiger charge is 2.34. The Morgan fingerprint density at radius 2 is 2.24 bits per heavy atom. The van der Waals surface area contributed by atoms with Gasteiger partial charge in [0, 0.05) is 6.54 Å². The van der Waals surface area contributed by atoms with Crippen LogP contribution in [-0.4, -0.2) is 24.1 Å². The van der Waals surface area contributed by atoms with Gasteiger partial charge in [0.25, 0.3) is 0 Å². The Morgan fingerprint density at radius 3 is 2.88 bits per heavy atom. The summed E-state index contributed by atoms with van der Waals surface area (Å²) in [6, 6.07) is 6.79. The number of para-hydroxylation sites is 2. The highest BCUT2D eigenvalue weighted by Crippen LogP contribution is 2.29. The number of phenolic OH excluding ortho intramolecular Hbond substituents is 1. The first-order valence-corrected chi connectivity index (χ1v) is 5.92. The quantitative estimate of drug-likeness (QED) is 0.683. The van der Waals surface area contributed by atoms with Crippen molar-refractivity contribution in [1.82, 2.24) is 5.32 Å². The van der Waals surface area contributed by atoms with Crippen LogP contribution in [0, 0.1) is 5.41 Å². The molecule has 0 aromatic heterocycles. The summed E-state index contributed by atoms with van der Waals surface area (Å²) in [5.41, 5.74) is 0.0878. The molecule has 3 N–H and O–H groups in total. The van der Waals surface area contributed by atoms with Crippen LogP contribution in [0.15, 0.2) is 24.3 Å². The molecule has 1 unspecified atom stereocenters. The Hall–Kier alpha value is -1.55. The first kappa shape index (κ1) is 11.9. The maximum atomic E-state index is 12.2. The highest BCUT2D eigenvalue weighted by atomic mass is 16.3. The third kappa shape index (κ3) is 2.58. The third-order valence-corrected chi connectivity index (χ3v) is 3.30. The molecule has 0 radical (unpaired) electrons. The normalized spacial score (nSPS) is 24.3. The molecule has 1 aliphatic heterocycles. The molecule has 1 amide bonds. The number of carbonyl (C=O) groups is 1. The van der Waals surface area contributed by atoms with E-state index in [4.69, 9.17) is 0 Å². The zero-order valence-electron chi connectivity index (χ0n) is 9.99. The molecule has 17 heavy (non-hydrogen) atoms. The van der Waals surface area contributed by atoms with Gasteiger partial charge in [0.15, 0.2) is 0 Å². The van der Waals surface area contributed by atoms with E-state index >= 15 is 0 Å². The summed E-state index contributed by atoms with van der Waals surface area (Å²) in [5, 5.41) is 15.6. The van der Waals surface area contributed by atoms with E-state index in [2.05, 4.69) is 10.6 Å². The zero-order chi connectivity index (χ0) is 12.3. The van der Waals surface area contributed by atoms with Crippen LogP contribution in [0.25, 0.3) is 0 Å². The lowest BCUT2D eigenvalue weighted by atomic mass is 9.82. The summed E-state index contributed by atoms with van der Waals surface area (Å²) >= 11 is 0. The Morgan fingerprint density at radius 1 is 1.47 bits per heavy atom. The number of amides is 1. The molecule has 1 atom stereocenters. The van der Waals surface area contributed by atoms with Crippen LogP contribution in [0.5, 0.6) is 5.75 Å². The van der Waals surface area contributed by atoms with Crippen LogP contribution in [0.1, 0.15) is 19.8 Å². The minimum Gasteiger partial charge on any atom is -0.506 e. The van der Waals surface area contributed by atoms with Gasteiger partial charge in [0.05, 0.1) is 11.1 Å². The summed E-state index contributed by atoms with van der Waals surface area (Å²) in [5.74, 6) is 0.0689. The van der Waals surface area contributed by atoms with Crippen LogP contribution in [-0.2, 0) is 4.79 Å². The lowest BCUT2D eigenvalue weighted by Crippen LogP contribution is -2.46. The smallest absolute Gasteiger partial charge is 0.231 e. The van der Waals surface area contributed by atoms with Crippen molar-refractivity contribution in [3.05, 3.63) is 24.3 Å². The van der Waals surface area contributed by atoms with Crippen LogP contribution in [0.2, 0.25) is 0 Å². The molecule has 0 saturated carbocycles. The summed E-state index contributed by atoms with van der Waals surface area (Å²) in [6.45, 7) is 3.61. The number of rotatable bonds is 2. The molecule has 1 aliphatic rings. The van der Waals surface area contributed by atoms with Crippen molar-refractivity contribution in [3.8, 4) is 5.75 Å². The standard InChI is InChI=1S/C13H18N2O2/c1-13(7-4-8-14-9-13)12(17)15-10-5-2-3-6-11(10)16/h2-3,5-6,14,16H,4,7-9H2,1H3,(H,15,17). The summed E-state index contributed by atoms with van der Waals surface area (Å²) in [4.78, 5) is 12.2. The second-order valence-corrected chi connectivity index (χ2v) is 4.81. The fourth-order valence-corrected chi connectivity index (χ4v) is 2.10. The molecule has 0 aliphatic carbocycles. The zero-order valence-corrected chi connectivity index (χ0v) is 9.99. The van der Waals surface area contributed by atoms with Crippen LogP contribution >= 0.6 is 0 Å². The van der Waals surface area contributed by atoms with E-state index in [1.54, 1.807) is 24.3 Å². The molecule has 1 saturated heterocycles. The van der Waals surface area contributed by atoms with E-state index < -0.39 is 0 Å². The van der Waals surface area contributed by atoms with Crippen LogP contribution in [0.4, 0.5) is 5.69 Å². The van der Waals surface area contributed by atoms with Gasteiger partial charge in [-0.05, 0) is 38.4 Å². The van der Waals surface area contributed by atoms with Crippen LogP contribution in [0.3, 0.4) is 0 Å². The van der Waals surface area contributed by atoms with Gasteiger partial charge >= 0.3 is 0 Å². The molecule has 2 rings (SSSR count). The van der Waals surface area contributed by atoms with Gasteiger partial charge in [0.1, 0.15) is 5.75 Å². The fourth-order valence-electron chi connectivity index (χ4n) is 2.10. The van der Waals surface area contributed by atoms with Gasteiger partial charge in [0.2, 0.25) is 5.91 Å². The van der Waals surface area contributed by atoms with E-state index in [9.17, 15) is 9.90 Å². The van der Waals surface area contributed by atoms with Gasteiger partial charge in [-0.25, -0.2) is 0 Å². The van der Waals surface area contributed by atoms with Gasteiger partial charge < -0.3 is 15.7 Å². The Balaban J connectivity index is 2.08. The van der Waals surface area contributed by atoms with E-state index in [-0.39, 0.29) is 17.1 Å². The van der Waals surface area contributed by atoms with E-state index in [0.29, 0.717) is 12.2 Å².